The van der Waals surface area contributed by atoms with E-state index in [1.165, 1.54) is 0 Å². The van der Waals surface area contributed by atoms with Gasteiger partial charge in [0.25, 0.3) is 0 Å². The minimum atomic E-state index is -0.708. The zero-order valence-electron chi connectivity index (χ0n) is 7.72. The first-order chi connectivity index (χ1) is 5.44. The number of hydrogen-bond donors (Lipinski definition) is 0. The Morgan fingerprint density at radius 3 is 2.67 bits per heavy atom. The van der Waals surface area contributed by atoms with Gasteiger partial charge in [-0.2, -0.15) is 0 Å². The third-order valence-electron chi connectivity index (χ3n) is 2.45. The topological polar surface area (TPSA) is 27.7 Å². The van der Waals surface area contributed by atoms with Gasteiger partial charge in [0.05, 0.1) is 12.0 Å². The number of hydrogen-bond acceptors (Lipinski definition) is 3. The predicted octanol–water partition coefficient (Wildman–Crippen LogP) is 1.65. The smallest absolute Gasteiger partial charge is 0.227 e. The molecule has 0 spiro atoms. The van der Waals surface area contributed by atoms with E-state index in [1.54, 1.807) is 0 Å². The second-order valence-electron chi connectivity index (χ2n) is 4.21. The van der Waals surface area contributed by atoms with Crippen LogP contribution in [0.15, 0.2) is 12.3 Å². The summed E-state index contributed by atoms with van der Waals surface area (Å²) >= 11 is 0. The summed E-state index contributed by atoms with van der Waals surface area (Å²) in [5.41, 5.74) is -0.0844. The van der Waals surface area contributed by atoms with Crippen LogP contribution in [0.1, 0.15) is 20.8 Å². The Bertz CT molecular complexity index is 234. The quantitative estimate of drug-likeness (QED) is 0.553. The van der Waals surface area contributed by atoms with Crippen molar-refractivity contribution < 1.29 is 14.2 Å². The van der Waals surface area contributed by atoms with E-state index in [-0.39, 0.29) is 11.7 Å². The Balaban J connectivity index is 2.29. The van der Waals surface area contributed by atoms with Crippen LogP contribution in [-0.2, 0) is 14.2 Å². The number of fused-ring (bicyclic) bond motifs is 2. The van der Waals surface area contributed by atoms with Crippen molar-refractivity contribution in [3.63, 3.8) is 0 Å². The molecule has 2 saturated heterocycles. The van der Waals surface area contributed by atoms with E-state index in [0.29, 0.717) is 12.4 Å². The standard InChI is InChI=1S/C9H14O3/c1-6-9(4)10-5-8(2,3)7(11-6)12-9/h7H,1,5H2,2-4H3. The van der Waals surface area contributed by atoms with Gasteiger partial charge in [-0.1, -0.05) is 20.4 Å². The molecule has 0 N–H and O–H groups in total. The van der Waals surface area contributed by atoms with Crippen LogP contribution in [0.4, 0.5) is 0 Å². The van der Waals surface area contributed by atoms with Crippen molar-refractivity contribution in [3.05, 3.63) is 12.3 Å². The summed E-state index contributed by atoms with van der Waals surface area (Å²) < 4.78 is 16.6. The lowest BCUT2D eigenvalue weighted by atomic mass is 9.93. The lowest BCUT2D eigenvalue weighted by Gasteiger charge is -2.36. The number of rotatable bonds is 0. The van der Waals surface area contributed by atoms with Gasteiger partial charge in [0.1, 0.15) is 0 Å². The highest BCUT2D eigenvalue weighted by atomic mass is 16.8. The van der Waals surface area contributed by atoms with E-state index in [2.05, 4.69) is 20.4 Å². The molecule has 2 aliphatic rings. The van der Waals surface area contributed by atoms with Crippen LogP contribution in [0.2, 0.25) is 0 Å². The Morgan fingerprint density at radius 2 is 2.08 bits per heavy atom. The molecule has 0 aromatic heterocycles. The van der Waals surface area contributed by atoms with Gasteiger partial charge in [-0.3, -0.25) is 0 Å². The van der Waals surface area contributed by atoms with Gasteiger partial charge < -0.3 is 14.2 Å². The fourth-order valence-corrected chi connectivity index (χ4v) is 1.36. The summed E-state index contributed by atoms with van der Waals surface area (Å²) in [4.78, 5) is 0. The molecule has 2 bridgehead atoms. The average Bonchev–Trinajstić information content (AvgIpc) is 2.22. The monoisotopic (exact) mass is 170 g/mol. The molecule has 2 atom stereocenters. The minimum Gasteiger partial charge on any atom is -0.463 e. The van der Waals surface area contributed by atoms with Crippen LogP contribution in [0.25, 0.3) is 0 Å². The van der Waals surface area contributed by atoms with Gasteiger partial charge in [0.15, 0.2) is 5.76 Å². The molecule has 0 amide bonds. The maximum absolute atomic E-state index is 5.57. The lowest BCUT2D eigenvalue weighted by molar-refractivity contribution is -0.294. The first-order valence-electron chi connectivity index (χ1n) is 4.12. The first-order valence-corrected chi connectivity index (χ1v) is 4.12. The molecule has 0 aromatic carbocycles. The Kier molecular flexibility index (Phi) is 1.37. The molecule has 12 heavy (non-hydrogen) atoms. The lowest BCUT2D eigenvalue weighted by Crippen LogP contribution is -2.45. The molecular weight excluding hydrogens is 156 g/mol. The molecule has 2 aliphatic heterocycles. The predicted molar refractivity (Wildman–Crippen MR) is 43.2 cm³/mol. The van der Waals surface area contributed by atoms with Crippen LogP contribution >= 0.6 is 0 Å². The van der Waals surface area contributed by atoms with E-state index in [4.69, 9.17) is 14.2 Å². The Hall–Kier alpha value is -0.540. The first kappa shape index (κ1) is 8.08. The molecule has 2 rings (SSSR count). The van der Waals surface area contributed by atoms with Gasteiger partial charge in [-0.05, 0) is 6.92 Å². The highest BCUT2D eigenvalue weighted by Crippen LogP contribution is 2.45. The largest absolute Gasteiger partial charge is 0.463 e. The molecule has 2 unspecified atom stereocenters. The van der Waals surface area contributed by atoms with Crippen LogP contribution in [0, 0.1) is 5.41 Å². The van der Waals surface area contributed by atoms with Crippen molar-refractivity contribution in [1.29, 1.82) is 0 Å². The highest BCUT2D eigenvalue weighted by Gasteiger charge is 2.54. The SMILES string of the molecule is C=C1OC2OC1(C)OCC2(C)C. The van der Waals surface area contributed by atoms with Crippen LogP contribution in [-0.4, -0.2) is 18.7 Å². The summed E-state index contributed by atoms with van der Waals surface area (Å²) in [7, 11) is 0. The summed E-state index contributed by atoms with van der Waals surface area (Å²) in [6.45, 7) is 10.3. The molecule has 3 heteroatoms. The maximum atomic E-state index is 5.57. The second-order valence-corrected chi connectivity index (χ2v) is 4.21. The molecule has 2 fully saturated rings. The maximum Gasteiger partial charge on any atom is 0.227 e. The zero-order chi connectivity index (χ0) is 8.98. The third-order valence-corrected chi connectivity index (χ3v) is 2.45. The van der Waals surface area contributed by atoms with Gasteiger partial charge in [0, 0.05) is 0 Å². The van der Waals surface area contributed by atoms with Crippen LogP contribution in [0.3, 0.4) is 0 Å². The van der Waals surface area contributed by atoms with E-state index in [0.717, 1.165) is 0 Å². The average molecular weight is 170 g/mol. The van der Waals surface area contributed by atoms with Crippen molar-refractivity contribution >= 4 is 0 Å². The molecule has 3 nitrogen and oxygen atoms in total. The van der Waals surface area contributed by atoms with Gasteiger partial charge in [-0.25, -0.2) is 0 Å². The summed E-state index contributed by atoms with van der Waals surface area (Å²) in [6.07, 6.45) is -0.205. The van der Waals surface area contributed by atoms with Crippen molar-refractivity contribution in [3.8, 4) is 0 Å². The minimum absolute atomic E-state index is 0.0844. The van der Waals surface area contributed by atoms with E-state index in [9.17, 15) is 0 Å². The molecule has 2 heterocycles. The van der Waals surface area contributed by atoms with Crippen molar-refractivity contribution in [1.82, 2.24) is 0 Å². The van der Waals surface area contributed by atoms with Gasteiger partial charge in [-0.15, -0.1) is 0 Å². The third kappa shape index (κ3) is 0.898. The molecule has 0 aromatic rings. The second kappa shape index (κ2) is 2.03. The van der Waals surface area contributed by atoms with Crippen LogP contribution in [0.5, 0.6) is 0 Å². The zero-order valence-corrected chi connectivity index (χ0v) is 7.72. The van der Waals surface area contributed by atoms with Crippen molar-refractivity contribution in [2.75, 3.05) is 6.61 Å². The Labute approximate surface area is 72.3 Å². The van der Waals surface area contributed by atoms with Crippen LogP contribution < -0.4 is 0 Å². The summed E-state index contributed by atoms with van der Waals surface area (Å²) in [5, 5.41) is 0. The number of ether oxygens (including phenoxy) is 3. The molecule has 0 saturated carbocycles. The van der Waals surface area contributed by atoms with E-state index in [1.807, 2.05) is 6.92 Å². The molecule has 0 radical (unpaired) electrons. The van der Waals surface area contributed by atoms with Crippen molar-refractivity contribution in [2.24, 2.45) is 5.41 Å². The summed E-state index contributed by atoms with van der Waals surface area (Å²) in [6, 6.07) is 0. The molecule has 68 valence electrons. The van der Waals surface area contributed by atoms with E-state index >= 15 is 0 Å². The van der Waals surface area contributed by atoms with Crippen molar-refractivity contribution in [2.45, 2.75) is 32.8 Å². The van der Waals surface area contributed by atoms with Gasteiger partial charge >= 0.3 is 0 Å². The highest BCUT2D eigenvalue weighted by molar-refractivity contribution is 5.06. The fraction of sp³-hybridized carbons (Fsp3) is 0.778. The Morgan fingerprint density at radius 1 is 1.42 bits per heavy atom. The normalized spacial score (nSPS) is 44.2. The van der Waals surface area contributed by atoms with Gasteiger partial charge in [0.2, 0.25) is 12.1 Å². The molecule has 0 aliphatic carbocycles. The summed E-state index contributed by atoms with van der Waals surface area (Å²) in [5.74, 6) is -0.127. The molecular formula is C9H14O3. The fourth-order valence-electron chi connectivity index (χ4n) is 1.36. The van der Waals surface area contributed by atoms with E-state index < -0.39 is 5.79 Å².